The van der Waals surface area contributed by atoms with Crippen molar-refractivity contribution < 1.29 is 9.18 Å². The summed E-state index contributed by atoms with van der Waals surface area (Å²) >= 11 is 0. The third-order valence-corrected chi connectivity index (χ3v) is 5.78. The molecule has 6 nitrogen and oxygen atoms in total. The average Bonchev–Trinajstić information content (AvgIpc) is 3.32. The van der Waals surface area contributed by atoms with Gasteiger partial charge in [0.25, 0.3) is 5.91 Å². The van der Waals surface area contributed by atoms with Crippen LogP contribution in [0.3, 0.4) is 0 Å². The maximum atomic E-state index is 13.4. The van der Waals surface area contributed by atoms with Gasteiger partial charge in [0.05, 0.1) is 6.54 Å². The fourth-order valence-corrected chi connectivity index (χ4v) is 4.15. The van der Waals surface area contributed by atoms with Crippen molar-refractivity contribution >= 4 is 5.91 Å². The Hall–Kier alpha value is -2.28. The minimum absolute atomic E-state index is 0.0966. The summed E-state index contributed by atoms with van der Waals surface area (Å²) in [5, 5.41) is 8.87. The van der Waals surface area contributed by atoms with Crippen LogP contribution in [0.5, 0.6) is 0 Å². The van der Waals surface area contributed by atoms with Crippen molar-refractivity contribution in [1.82, 2.24) is 24.6 Å². The molecule has 2 fully saturated rings. The topological polar surface area (TPSA) is 54.3 Å². The Bertz CT molecular complexity index is 806. The van der Waals surface area contributed by atoms with Crippen molar-refractivity contribution in [3.05, 3.63) is 47.3 Å². The Morgan fingerprint density at radius 3 is 2.59 bits per heavy atom. The Morgan fingerprint density at radius 2 is 1.89 bits per heavy atom. The van der Waals surface area contributed by atoms with Crippen LogP contribution in [0.4, 0.5) is 4.39 Å². The molecule has 144 valence electrons. The van der Waals surface area contributed by atoms with Crippen LogP contribution < -0.4 is 0 Å². The van der Waals surface area contributed by atoms with Crippen LogP contribution in [-0.4, -0.2) is 56.7 Å². The summed E-state index contributed by atoms with van der Waals surface area (Å²) in [4.78, 5) is 16.8. The quantitative estimate of drug-likeness (QED) is 0.829. The van der Waals surface area contributed by atoms with E-state index in [9.17, 15) is 9.18 Å². The Balaban J connectivity index is 1.38. The van der Waals surface area contributed by atoms with Crippen LogP contribution >= 0.6 is 0 Å². The van der Waals surface area contributed by atoms with E-state index in [2.05, 4.69) is 19.7 Å². The van der Waals surface area contributed by atoms with E-state index < -0.39 is 0 Å². The Morgan fingerprint density at radius 1 is 1.15 bits per heavy atom. The highest BCUT2D eigenvalue weighted by Crippen LogP contribution is 2.28. The summed E-state index contributed by atoms with van der Waals surface area (Å²) in [5.41, 5.74) is 0.417. The van der Waals surface area contributed by atoms with Gasteiger partial charge in [-0.05, 0) is 57.0 Å². The summed E-state index contributed by atoms with van der Waals surface area (Å²) in [7, 11) is 2.05. The number of hydrogen-bond donors (Lipinski definition) is 0. The minimum Gasteiger partial charge on any atom is -0.339 e. The average molecular weight is 371 g/mol. The number of amides is 1. The third kappa shape index (κ3) is 3.88. The molecule has 0 unspecified atom stereocenters. The molecule has 2 saturated heterocycles. The van der Waals surface area contributed by atoms with Gasteiger partial charge in [-0.25, -0.2) is 4.39 Å². The molecule has 0 atom stereocenters. The van der Waals surface area contributed by atoms with Crippen LogP contribution in [0, 0.1) is 5.82 Å². The number of carbonyl (C=O) groups is 1. The summed E-state index contributed by atoms with van der Waals surface area (Å²) in [6.45, 7) is 4.47. The molecule has 0 spiro atoms. The summed E-state index contributed by atoms with van der Waals surface area (Å²) < 4.78 is 15.5. The van der Waals surface area contributed by atoms with E-state index in [1.807, 2.05) is 11.9 Å². The molecule has 0 aliphatic carbocycles. The van der Waals surface area contributed by atoms with Gasteiger partial charge in [-0.3, -0.25) is 9.69 Å². The molecule has 1 aromatic heterocycles. The predicted octanol–water partition coefficient (Wildman–Crippen LogP) is 2.57. The highest BCUT2D eigenvalue weighted by molar-refractivity contribution is 5.94. The van der Waals surface area contributed by atoms with Gasteiger partial charge in [-0.15, -0.1) is 10.2 Å². The summed E-state index contributed by atoms with van der Waals surface area (Å²) in [6, 6.07) is 5.92. The van der Waals surface area contributed by atoms with Gasteiger partial charge in [-0.2, -0.15) is 0 Å². The zero-order valence-corrected chi connectivity index (χ0v) is 15.8. The summed E-state index contributed by atoms with van der Waals surface area (Å²) in [6.07, 6.45) is 4.25. The van der Waals surface area contributed by atoms with Gasteiger partial charge >= 0.3 is 0 Å². The number of piperidine rings is 1. The lowest BCUT2D eigenvalue weighted by molar-refractivity contribution is 0.0710. The minimum atomic E-state index is -0.375. The molecule has 2 aliphatic rings. The van der Waals surface area contributed by atoms with E-state index in [1.54, 1.807) is 12.1 Å². The lowest BCUT2D eigenvalue weighted by Gasteiger charge is -2.31. The first-order valence-electron chi connectivity index (χ1n) is 9.77. The second-order valence-corrected chi connectivity index (χ2v) is 7.59. The molecule has 0 radical (unpaired) electrons. The smallest absolute Gasteiger partial charge is 0.253 e. The second-order valence-electron chi connectivity index (χ2n) is 7.59. The van der Waals surface area contributed by atoms with Gasteiger partial charge in [0.2, 0.25) is 0 Å². The van der Waals surface area contributed by atoms with Crippen LogP contribution in [0.1, 0.15) is 53.6 Å². The molecule has 1 amide bonds. The van der Waals surface area contributed by atoms with E-state index in [0.717, 1.165) is 44.1 Å². The van der Waals surface area contributed by atoms with E-state index in [-0.39, 0.29) is 11.7 Å². The van der Waals surface area contributed by atoms with Crippen molar-refractivity contribution in [2.24, 2.45) is 7.05 Å². The number of aromatic nitrogens is 3. The van der Waals surface area contributed by atoms with E-state index in [1.165, 1.54) is 25.0 Å². The Kier molecular flexibility index (Phi) is 5.20. The molecule has 3 heterocycles. The molecule has 0 N–H and O–H groups in total. The van der Waals surface area contributed by atoms with Crippen LogP contribution in [0.25, 0.3) is 0 Å². The number of nitrogens with zero attached hydrogens (tertiary/aromatic N) is 5. The molecular weight excluding hydrogens is 345 g/mol. The molecule has 0 bridgehead atoms. The van der Waals surface area contributed by atoms with Crippen LogP contribution in [0.15, 0.2) is 24.3 Å². The molecule has 2 aliphatic heterocycles. The lowest BCUT2D eigenvalue weighted by Crippen LogP contribution is -2.38. The second kappa shape index (κ2) is 7.76. The molecule has 7 heteroatoms. The zero-order valence-electron chi connectivity index (χ0n) is 15.8. The van der Waals surface area contributed by atoms with Crippen molar-refractivity contribution in [2.45, 2.75) is 38.1 Å². The highest BCUT2D eigenvalue weighted by atomic mass is 19.1. The molecule has 27 heavy (non-hydrogen) atoms. The summed E-state index contributed by atoms with van der Waals surface area (Å²) in [5.74, 6) is 1.87. The number of carbonyl (C=O) groups excluding carboxylic acids is 1. The first-order chi connectivity index (χ1) is 13.1. The standard InChI is InChI=1S/C20H26FN5O/c1-24-18(14-25-9-2-3-10-25)22-23-19(24)15-7-11-26(12-8-15)20(27)16-5-4-6-17(21)13-16/h4-6,13,15H,2-3,7-12,14H2,1H3. The van der Waals surface area contributed by atoms with Gasteiger partial charge in [-0.1, -0.05) is 6.07 Å². The van der Waals surface area contributed by atoms with Crippen molar-refractivity contribution in [1.29, 1.82) is 0 Å². The van der Waals surface area contributed by atoms with Crippen LogP contribution in [0.2, 0.25) is 0 Å². The fraction of sp³-hybridized carbons (Fsp3) is 0.550. The van der Waals surface area contributed by atoms with Crippen molar-refractivity contribution in [3.63, 3.8) is 0 Å². The Labute approximate surface area is 159 Å². The largest absolute Gasteiger partial charge is 0.339 e. The number of halogens is 1. The van der Waals surface area contributed by atoms with E-state index in [4.69, 9.17) is 0 Å². The van der Waals surface area contributed by atoms with Crippen LogP contribution in [-0.2, 0) is 13.6 Å². The molecule has 2 aromatic rings. The maximum absolute atomic E-state index is 13.4. The SMILES string of the molecule is Cn1c(CN2CCCC2)nnc1C1CCN(C(=O)c2cccc(F)c2)CC1. The number of rotatable bonds is 4. The molecule has 4 rings (SSSR count). The molecular formula is C20H26FN5O. The van der Waals surface area contributed by atoms with Gasteiger partial charge in [0, 0.05) is 31.6 Å². The number of likely N-dealkylation sites (tertiary alicyclic amines) is 2. The van der Waals surface area contributed by atoms with E-state index in [0.29, 0.717) is 24.6 Å². The highest BCUT2D eigenvalue weighted by Gasteiger charge is 2.28. The lowest BCUT2D eigenvalue weighted by atomic mass is 9.95. The normalized spacial score (nSPS) is 19.0. The van der Waals surface area contributed by atoms with Gasteiger partial charge < -0.3 is 9.47 Å². The maximum Gasteiger partial charge on any atom is 0.253 e. The molecule has 1 aromatic carbocycles. The van der Waals surface area contributed by atoms with E-state index >= 15 is 0 Å². The number of hydrogen-bond acceptors (Lipinski definition) is 4. The van der Waals surface area contributed by atoms with Crippen molar-refractivity contribution in [3.8, 4) is 0 Å². The van der Waals surface area contributed by atoms with Gasteiger partial charge in [0.1, 0.15) is 17.5 Å². The van der Waals surface area contributed by atoms with Gasteiger partial charge in [0.15, 0.2) is 0 Å². The first kappa shape index (κ1) is 18.1. The zero-order chi connectivity index (χ0) is 18.8. The number of benzene rings is 1. The third-order valence-electron chi connectivity index (χ3n) is 5.78. The predicted molar refractivity (Wildman–Crippen MR) is 99.8 cm³/mol. The fourth-order valence-electron chi connectivity index (χ4n) is 4.15. The molecule has 0 saturated carbocycles. The first-order valence-corrected chi connectivity index (χ1v) is 9.77. The van der Waals surface area contributed by atoms with Crippen molar-refractivity contribution in [2.75, 3.05) is 26.2 Å². The monoisotopic (exact) mass is 371 g/mol.